The number of carbonyl (C=O) groups is 1. The fraction of sp³-hybridized carbons (Fsp3) is 0.308. The van der Waals surface area contributed by atoms with Gasteiger partial charge in [0.2, 0.25) is 0 Å². The van der Waals surface area contributed by atoms with Crippen LogP contribution in [0, 0.1) is 0 Å². The molecule has 5 heteroatoms. The number of H-pyrrole nitrogens is 1. The van der Waals surface area contributed by atoms with Crippen LogP contribution in [0.25, 0.3) is 10.9 Å². The molecule has 1 aliphatic carbocycles. The first-order valence-electron chi connectivity index (χ1n) is 11.2. The fourth-order valence-corrected chi connectivity index (χ4v) is 4.67. The quantitative estimate of drug-likeness (QED) is 0.453. The molecule has 2 aromatic heterocycles. The van der Waals surface area contributed by atoms with E-state index in [2.05, 4.69) is 74.8 Å². The van der Waals surface area contributed by atoms with Crippen LogP contribution in [-0.2, 0) is 25.8 Å². The van der Waals surface area contributed by atoms with Gasteiger partial charge < -0.3 is 9.88 Å². The van der Waals surface area contributed by atoms with Gasteiger partial charge in [0.05, 0.1) is 0 Å². The lowest BCUT2D eigenvalue weighted by Gasteiger charge is -2.05. The Hall–Kier alpha value is -3.34. The summed E-state index contributed by atoms with van der Waals surface area (Å²) >= 11 is 0. The second-order valence-electron chi connectivity index (χ2n) is 8.38. The molecule has 31 heavy (non-hydrogen) atoms. The molecule has 1 amide bonds. The lowest BCUT2D eigenvalue weighted by atomic mass is 10.1. The van der Waals surface area contributed by atoms with Crippen molar-refractivity contribution < 1.29 is 4.79 Å². The first-order chi connectivity index (χ1) is 15.3. The summed E-state index contributed by atoms with van der Waals surface area (Å²) < 4.78 is 2.30. The molecule has 4 aromatic rings. The summed E-state index contributed by atoms with van der Waals surface area (Å²) in [5.74, 6) is -0.0626. The van der Waals surface area contributed by atoms with Crippen LogP contribution in [0.4, 0.5) is 0 Å². The number of benzene rings is 2. The number of fused-ring (bicyclic) bond motifs is 2. The highest BCUT2D eigenvalue weighted by Crippen LogP contribution is 2.24. The fourth-order valence-electron chi connectivity index (χ4n) is 4.67. The van der Waals surface area contributed by atoms with Crippen molar-refractivity contribution in [1.82, 2.24) is 20.1 Å². The topological polar surface area (TPSA) is 62.7 Å². The molecule has 0 saturated heterocycles. The second kappa shape index (κ2) is 8.80. The Morgan fingerprint density at radius 2 is 1.81 bits per heavy atom. The van der Waals surface area contributed by atoms with Crippen molar-refractivity contribution in [2.45, 2.75) is 45.1 Å². The monoisotopic (exact) mass is 412 g/mol. The van der Waals surface area contributed by atoms with E-state index in [1.807, 2.05) is 6.07 Å². The lowest BCUT2D eigenvalue weighted by Crippen LogP contribution is -2.27. The van der Waals surface area contributed by atoms with E-state index in [9.17, 15) is 4.79 Å². The van der Waals surface area contributed by atoms with Crippen molar-refractivity contribution in [2.24, 2.45) is 0 Å². The number of para-hydroxylation sites is 1. The van der Waals surface area contributed by atoms with E-state index in [4.69, 9.17) is 0 Å². The first-order valence-corrected chi connectivity index (χ1v) is 11.2. The van der Waals surface area contributed by atoms with Crippen LogP contribution in [0.2, 0.25) is 0 Å². The molecular weight excluding hydrogens is 384 g/mol. The van der Waals surface area contributed by atoms with Crippen LogP contribution in [0.1, 0.15) is 52.1 Å². The minimum atomic E-state index is -0.0626. The Morgan fingerprint density at radius 1 is 1.00 bits per heavy atom. The predicted octanol–water partition coefficient (Wildman–Crippen LogP) is 4.65. The van der Waals surface area contributed by atoms with Gasteiger partial charge in [0, 0.05) is 41.4 Å². The summed E-state index contributed by atoms with van der Waals surface area (Å²) in [6.45, 7) is 1.44. The van der Waals surface area contributed by atoms with Crippen LogP contribution in [0.15, 0.2) is 60.8 Å². The predicted molar refractivity (Wildman–Crippen MR) is 123 cm³/mol. The number of hydrogen-bond acceptors (Lipinski definition) is 2. The highest BCUT2D eigenvalue weighted by atomic mass is 16.1. The Bertz CT molecular complexity index is 1190. The standard InChI is InChI=1S/C26H28N4O/c31-26(25-22-12-5-2-6-13-23(22)28-29-25)27-16-15-20-18-30(17-19-9-3-1-4-10-19)24-14-8-7-11-21(20)24/h1,3-4,7-11,14,18H,2,5-6,12-13,15-17H2,(H,27,31)(H,28,29). The van der Waals surface area contributed by atoms with Gasteiger partial charge in [-0.1, -0.05) is 55.0 Å². The number of nitrogens with zero attached hydrogens (tertiary/aromatic N) is 2. The average Bonchev–Trinajstić information content (AvgIpc) is 3.27. The minimum absolute atomic E-state index is 0.0626. The zero-order valence-electron chi connectivity index (χ0n) is 17.7. The van der Waals surface area contributed by atoms with Gasteiger partial charge in [-0.15, -0.1) is 0 Å². The smallest absolute Gasteiger partial charge is 0.272 e. The Kier molecular flexibility index (Phi) is 5.57. The molecule has 5 nitrogen and oxygen atoms in total. The summed E-state index contributed by atoms with van der Waals surface area (Å²) in [5, 5.41) is 11.8. The van der Waals surface area contributed by atoms with E-state index < -0.39 is 0 Å². The maximum atomic E-state index is 12.8. The average molecular weight is 413 g/mol. The Labute approximate surface area is 182 Å². The van der Waals surface area contributed by atoms with E-state index in [1.165, 1.54) is 34.9 Å². The van der Waals surface area contributed by atoms with Gasteiger partial charge in [0.25, 0.3) is 5.91 Å². The number of carbonyl (C=O) groups excluding carboxylic acids is 1. The summed E-state index contributed by atoms with van der Waals surface area (Å²) in [7, 11) is 0. The van der Waals surface area contributed by atoms with Gasteiger partial charge in [-0.2, -0.15) is 5.10 Å². The molecule has 0 aliphatic heterocycles. The van der Waals surface area contributed by atoms with Gasteiger partial charge >= 0.3 is 0 Å². The van der Waals surface area contributed by atoms with Gasteiger partial charge in [-0.3, -0.25) is 9.89 Å². The number of rotatable bonds is 6. The molecule has 0 bridgehead atoms. The number of aromatic nitrogens is 3. The van der Waals surface area contributed by atoms with Crippen LogP contribution >= 0.6 is 0 Å². The summed E-state index contributed by atoms with van der Waals surface area (Å²) in [4.78, 5) is 12.8. The summed E-state index contributed by atoms with van der Waals surface area (Å²) in [6.07, 6.45) is 8.48. The number of aryl methyl sites for hydroxylation is 1. The minimum Gasteiger partial charge on any atom is -0.350 e. The molecule has 0 unspecified atom stereocenters. The number of nitrogens with one attached hydrogen (secondary N) is 2. The molecular formula is C26H28N4O. The van der Waals surface area contributed by atoms with E-state index in [1.54, 1.807) is 0 Å². The van der Waals surface area contributed by atoms with Gasteiger partial charge in [0.1, 0.15) is 0 Å². The SMILES string of the molecule is O=C(NCCc1cn(Cc2ccccc2)c2ccccc12)c1n[nH]c2c1CCCCC2. The van der Waals surface area contributed by atoms with Crippen molar-refractivity contribution in [3.8, 4) is 0 Å². The largest absolute Gasteiger partial charge is 0.350 e. The number of aromatic amines is 1. The van der Waals surface area contributed by atoms with Crippen LogP contribution in [0.5, 0.6) is 0 Å². The maximum absolute atomic E-state index is 12.8. The van der Waals surface area contributed by atoms with E-state index >= 15 is 0 Å². The molecule has 1 aliphatic rings. The molecule has 2 N–H and O–H groups in total. The third kappa shape index (κ3) is 4.13. The van der Waals surface area contributed by atoms with E-state index in [0.717, 1.165) is 43.5 Å². The third-order valence-electron chi connectivity index (χ3n) is 6.27. The summed E-state index contributed by atoms with van der Waals surface area (Å²) in [6, 6.07) is 19.0. The van der Waals surface area contributed by atoms with Crippen molar-refractivity contribution in [1.29, 1.82) is 0 Å². The molecule has 0 atom stereocenters. The van der Waals surface area contributed by atoms with Crippen molar-refractivity contribution in [3.63, 3.8) is 0 Å². The lowest BCUT2D eigenvalue weighted by molar-refractivity contribution is 0.0948. The second-order valence-corrected chi connectivity index (χ2v) is 8.38. The van der Waals surface area contributed by atoms with Gasteiger partial charge in [-0.05, 0) is 49.3 Å². The highest BCUT2D eigenvalue weighted by Gasteiger charge is 2.20. The number of hydrogen-bond donors (Lipinski definition) is 2. The molecule has 2 heterocycles. The zero-order valence-corrected chi connectivity index (χ0v) is 17.7. The van der Waals surface area contributed by atoms with Gasteiger partial charge in [-0.25, -0.2) is 0 Å². The van der Waals surface area contributed by atoms with Crippen molar-refractivity contribution >= 4 is 16.8 Å². The molecule has 158 valence electrons. The Morgan fingerprint density at radius 3 is 2.71 bits per heavy atom. The molecule has 0 radical (unpaired) electrons. The van der Waals surface area contributed by atoms with Crippen LogP contribution < -0.4 is 5.32 Å². The third-order valence-corrected chi connectivity index (χ3v) is 6.27. The maximum Gasteiger partial charge on any atom is 0.272 e. The van der Waals surface area contributed by atoms with Gasteiger partial charge in [0.15, 0.2) is 5.69 Å². The van der Waals surface area contributed by atoms with Crippen LogP contribution in [-0.4, -0.2) is 27.2 Å². The first kappa shape index (κ1) is 19.6. The number of amides is 1. The van der Waals surface area contributed by atoms with E-state index in [0.29, 0.717) is 12.2 Å². The molecule has 0 saturated carbocycles. The normalized spacial score (nSPS) is 13.7. The van der Waals surface area contributed by atoms with Crippen molar-refractivity contribution in [3.05, 3.63) is 88.9 Å². The highest BCUT2D eigenvalue weighted by molar-refractivity contribution is 5.94. The molecule has 2 aromatic carbocycles. The van der Waals surface area contributed by atoms with Crippen LogP contribution in [0.3, 0.4) is 0 Å². The zero-order chi connectivity index (χ0) is 21.0. The van der Waals surface area contributed by atoms with E-state index in [-0.39, 0.29) is 5.91 Å². The Balaban J connectivity index is 1.29. The molecule has 0 spiro atoms. The molecule has 5 rings (SSSR count). The summed E-state index contributed by atoms with van der Waals surface area (Å²) in [5.41, 5.74) is 6.62. The molecule has 0 fully saturated rings. The van der Waals surface area contributed by atoms with Crippen molar-refractivity contribution in [2.75, 3.05) is 6.54 Å².